The molecule has 1 amide bonds. The predicted octanol–water partition coefficient (Wildman–Crippen LogP) is 2.68. The molecule has 2 N–H and O–H groups in total. The van der Waals surface area contributed by atoms with Crippen molar-refractivity contribution in [1.29, 1.82) is 0 Å². The van der Waals surface area contributed by atoms with Crippen LogP contribution in [0.25, 0.3) is 0 Å². The van der Waals surface area contributed by atoms with Gasteiger partial charge in [0.1, 0.15) is 5.69 Å². The second kappa shape index (κ2) is 6.99. The van der Waals surface area contributed by atoms with Crippen LogP contribution in [0.15, 0.2) is 18.3 Å². The second-order valence-electron chi connectivity index (χ2n) is 4.52. The van der Waals surface area contributed by atoms with E-state index in [4.69, 9.17) is 0 Å². The molecule has 4 nitrogen and oxygen atoms in total. The Balaban J connectivity index is 2.75. The fraction of sp³-hybridized carbons (Fsp3) is 0.571. The van der Waals surface area contributed by atoms with Gasteiger partial charge >= 0.3 is 0 Å². The van der Waals surface area contributed by atoms with Gasteiger partial charge in [0.15, 0.2) is 0 Å². The van der Waals surface area contributed by atoms with Gasteiger partial charge in [0.05, 0.1) is 0 Å². The SMILES string of the molecule is CCC(CC)C(C)Nc1ccnc(C(=O)NC)c1. The number of amides is 1. The van der Waals surface area contributed by atoms with Crippen molar-refractivity contribution in [2.75, 3.05) is 12.4 Å². The first-order valence-corrected chi connectivity index (χ1v) is 6.57. The van der Waals surface area contributed by atoms with Crippen LogP contribution in [0.1, 0.15) is 44.1 Å². The van der Waals surface area contributed by atoms with Gasteiger partial charge in [0.2, 0.25) is 0 Å². The van der Waals surface area contributed by atoms with E-state index in [1.165, 1.54) is 0 Å². The number of hydrogen-bond donors (Lipinski definition) is 2. The molecule has 100 valence electrons. The topological polar surface area (TPSA) is 54.0 Å². The molecule has 0 saturated heterocycles. The zero-order chi connectivity index (χ0) is 13.5. The molecule has 1 rings (SSSR count). The van der Waals surface area contributed by atoms with Crippen LogP contribution in [0.2, 0.25) is 0 Å². The zero-order valence-corrected chi connectivity index (χ0v) is 11.7. The maximum Gasteiger partial charge on any atom is 0.269 e. The van der Waals surface area contributed by atoms with E-state index in [9.17, 15) is 4.79 Å². The maximum atomic E-state index is 11.5. The summed E-state index contributed by atoms with van der Waals surface area (Å²) in [6.45, 7) is 6.58. The Kier molecular flexibility index (Phi) is 5.62. The monoisotopic (exact) mass is 249 g/mol. The Morgan fingerprint density at radius 3 is 2.61 bits per heavy atom. The van der Waals surface area contributed by atoms with E-state index in [1.54, 1.807) is 19.3 Å². The molecule has 0 aliphatic heterocycles. The molecule has 1 heterocycles. The third-order valence-corrected chi connectivity index (χ3v) is 3.37. The van der Waals surface area contributed by atoms with E-state index in [-0.39, 0.29) is 5.91 Å². The van der Waals surface area contributed by atoms with Gasteiger partial charge in [-0.25, -0.2) is 0 Å². The molecule has 0 radical (unpaired) electrons. The van der Waals surface area contributed by atoms with E-state index in [0.29, 0.717) is 17.7 Å². The van der Waals surface area contributed by atoms with Crippen molar-refractivity contribution in [1.82, 2.24) is 10.3 Å². The quantitative estimate of drug-likeness (QED) is 0.815. The summed E-state index contributed by atoms with van der Waals surface area (Å²) < 4.78 is 0. The number of pyridine rings is 1. The Hall–Kier alpha value is -1.58. The lowest BCUT2D eigenvalue weighted by Crippen LogP contribution is -2.25. The fourth-order valence-electron chi connectivity index (χ4n) is 2.15. The third-order valence-electron chi connectivity index (χ3n) is 3.37. The highest BCUT2D eigenvalue weighted by molar-refractivity contribution is 5.92. The molecule has 0 aliphatic carbocycles. The number of hydrogen-bond acceptors (Lipinski definition) is 3. The van der Waals surface area contributed by atoms with Gasteiger partial charge in [-0.1, -0.05) is 26.7 Å². The third kappa shape index (κ3) is 3.72. The van der Waals surface area contributed by atoms with Crippen LogP contribution in [0.3, 0.4) is 0 Å². The molecule has 4 heteroatoms. The number of nitrogens with one attached hydrogen (secondary N) is 2. The summed E-state index contributed by atoms with van der Waals surface area (Å²) >= 11 is 0. The van der Waals surface area contributed by atoms with Gasteiger partial charge in [0, 0.05) is 25.0 Å². The molecule has 0 bridgehead atoms. The predicted molar refractivity (Wildman–Crippen MR) is 74.8 cm³/mol. The van der Waals surface area contributed by atoms with Gasteiger partial charge in [-0.3, -0.25) is 9.78 Å². The van der Waals surface area contributed by atoms with E-state index in [2.05, 4.69) is 36.4 Å². The minimum atomic E-state index is -0.158. The molecule has 0 aliphatic rings. The minimum Gasteiger partial charge on any atom is -0.382 e. The molecule has 1 aromatic heterocycles. The molecule has 0 saturated carbocycles. The van der Waals surface area contributed by atoms with E-state index in [0.717, 1.165) is 18.5 Å². The van der Waals surface area contributed by atoms with Crippen LogP contribution < -0.4 is 10.6 Å². The minimum absolute atomic E-state index is 0.158. The number of aromatic nitrogens is 1. The lowest BCUT2D eigenvalue weighted by Gasteiger charge is -2.23. The Morgan fingerprint density at radius 2 is 2.06 bits per heavy atom. The standard InChI is InChI=1S/C14H23N3O/c1-5-11(6-2)10(3)17-12-7-8-16-13(9-12)14(18)15-4/h7-11H,5-6H2,1-4H3,(H,15,18)(H,16,17). The average Bonchev–Trinajstić information content (AvgIpc) is 2.39. The Labute approximate surface area is 109 Å². The molecular weight excluding hydrogens is 226 g/mol. The molecule has 0 spiro atoms. The van der Waals surface area contributed by atoms with E-state index in [1.807, 2.05) is 6.07 Å². The van der Waals surface area contributed by atoms with Gasteiger partial charge in [-0.15, -0.1) is 0 Å². The van der Waals surface area contributed by atoms with Gasteiger partial charge in [-0.2, -0.15) is 0 Å². The lowest BCUT2D eigenvalue weighted by atomic mass is 9.95. The normalized spacial score (nSPS) is 12.3. The molecular formula is C14H23N3O. The van der Waals surface area contributed by atoms with Crippen molar-refractivity contribution < 1.29 is 4.79 Å². The highest BCUT2D eigenvalue weighted by Gasteiger charge is 2.14. The van der Waals surface area contributed by atoms with E-state index < -0.39 is 0 Å². The van der Waals surface area contributed by atoms with Crippen LogP contribution >= 0.6 is 0 Å². The Morgan fingerprint density at radius 1 is 1.39 bits per heavy atom. The first-order valence-electron chi connectivity index (χ1n) is 6.57. The van der Waals surface area contributed by atoms with E-state index >= 15 is 0 Å². The van der Waals surface area contributed by atoms with Gasteiger partial charge in [-0.05, 0) is 25.0 Å². The summed E-state index contributed by atoms with van der Waals surface area (Å²) in [5, 5.41) is 6.02. The molecule has 1 unspecified atom stereocenters. The highest BCUT2D eigenvalue weighted by atomic mass is 16.1. The summed E-state index contributed by atoms with van der Waals surface area (Å²) in [7, 11) is 1.61. The van der Waals surface area contributed by atoms with Crippen LogP contribution in [-0.4, -0.2) is 24.0 Å². The molecule has 0 fully saturated rings. The van der Waals surface area contributed by atoms with Crippen molar-refractivity contribution in [3.8, 4) is 0 Å². The number of carbonyl (C=O) groups excluding carboxylic acids is 1. The highest BCUT2D eigenvalue weighted by Crippen LogP contribution is 2.18. The first kappa shape index (κ1) is 14.5. The maximum absolute atomic E-state index is 11.5. The fourth-order valence-corrected chi connectivity index (χ4v) is 2.15. The number of rotatable bonds is 6. The van der Waals surface area contributed by atoms with Crippen LogP contribution in [-0.2, 0) is 0 Å². The summed E-state index contributed by atoms with van der Waals surface area (Å²) in [6.07, 6.45) is 3.96. The van der Waals surface area contributed by atoms with Crippen molar-refractivity contribution in [2.24, 2.45) is 5.92 Å². The van der Waals surface area contributed by atoms with Gasteiger partial charge < -0.3 is 10.6 Å². The van der Waals surface area contributed by atoms with Gasteiger partial charge in [0.25, 0.3) is 5.91 Å². The zero-order valence-electron chi connectivity index (χ0n) is 11.7. The second-order valence-corrected chi connectivity index (χ2v) is 4.52. The summed E-state index contributed by atoms with van der Waals surface area (Å²) in [5.74, 6) is 0.482. The van der Waals surface area contributed by atoms with Crippen molar-refractivity contribution in [2.45, 2.75) is 39.7 Å². The average molecular weight is 249 g/mol. The van der Waals surface area contributed by atoms with Crippen molar-refractivity contribution in [3.63, 3.8) is 0 Å². The molecule has 1 atom stereocenters. The van der Waals surface area contributed by atoms with Crippen molar-refractivity contribution in [3.05, 3.63) is 24.0 Å². The largest absolute Gasteiger partial charge is 0.382 e. The number of carbonyl (C=O) groups is 1. The molecule has 0 aromatic carbocycles. The molecule has 18 heavy (non-hydrogen) atoms. The van der Waals surface area contributed by atoms with Crippen LogP contribution in [0.5, 0.6) is 0 Å². The van der Waals surface area contributed by atoms with Crippen LogP contribution in [0.4, 0.5) is 5.69 Å². The Bertz CT molecular complexity index is 388. The summed E-state index contributed by atoms with van der Waals surface area (Å²) in [6, 6.07) is 4.07. The first-order chi connectivity index (χ1) is 8.62. The van der Waals surface area contributed by atoms with Crippen molar-refractivity contribution >= 4 is 11.6 Å². The summed E-state index contributed by atoms with van der Waals surface area (Å²) in [4.78, 5) is 15.5. The number of anilines is 1. The lowest BCUT2D eigenvalue weighted by molar-refractivity contribution is 0.0958. The smallest absolute Gasteiger partial charge is 0.269 e. The summed E-state index contributed by atoms with van der Waals surface area (Å²) in [5.41, 5.74) is 1.39. The number of nitrogens with zero attached hydrogens (tertiary/aromatic N) is 1. The molecule has 1 aromatic rings. The van der Waals surface area contributed by atoms with Crippen LogP contribution in [0, 0.1) is 5.92 Å².